The molecule has 1 amide bonds. The molecule has 0 saturated heterocycles. The lowest BCUT2D eigenvalue weighted by molar-refractivity contribution is -0.132. The first kappa shape index (κ1) is 23.4. The highest BCUT2D eigenvalue weighted by Gasteiger charge is 2.23. The summed E-state index contributed by atoms with van der Waals surface area (Å²) < 4.78 is 7.10. The van der Waals surface area contributed by atoms with E-state index in [0.717, 1.165) is 29.3 Å². The lowest BCUT2D eigenvalue weighted by atomic mass is 9.84. The van der Waals surface area contributed by atoms with Crippen molar-refractivity contribution >= 4 is 16.8 Å². The van der Waals surface area contributed by atoms with Gasteiger partial charge >= 0.3 is 0 Å². The number of carbonyl (C=O) groups excluding carboxylic acids is 1. The summed E-state index contributed by atoms with van der Waals surface area (Å²) in [5.74, 6) is 1.75. The number of amides is 1. The Morgan fingerprint density at radius 3 is 2.29 bits per heavy atom. The maximum absolute atomic E-state index is 13.6. The van der Waals surface area contributed by atoms with Crippen molar-refractivity contribution in [2.75, 3.05) is 20.2 Å². The number of rotatable bonds is 8. The van der Waals surface area contributed by atoms with Crippen molar-refractivity contribution in [1.82, 2.24) is 9.47 Å². The monoisotopic (exact) mass is 426 g/mol. The molecule has 0 spiro atoms. The van der Waals surface area contributed by atoms with E-state index in [1.807, 2.05) is 29.2 Å². The fourth-order valence-electron chi connectivity index (χ4n) is 4.76. The maximum atomic E-state index is 13.6. The number of nitrogens with zero attached hydrogens (tertiary/aromatic N) is 2. The summed E-state index contributed by atoms with van der Waals surface area (Å²) in [7, 11) is 1.62. The Hall–Kier alpha value is -2.30. The van der Waals surface area contributed by atoms with Crippen LogP contribution < -0.4 is 10.3 Å². The van der Waals surface area contributed by atoms with Gasteiger partial charge in [-0.1, -0.05) is 47.0 Å². The molecule has 1 aromatic heterocycles. The quantitative estimate of drug-likeness (QED) is 0.583. The number of carbonyl (C=O) groups is 1. The highest BCUT2D eigenvalue weighted by molar-refractivity contribution is 5.84. The third kappa shape index (κ3) is 5.69. The maximum Gasteiger partial charge on any atom is 0.255 e. The van der Waals surface area contributed by atoms with Gasteiger partial charge in [-0.3, -0.25) is 14.2 Å². The van der Waals surface area contributed by atoms with Crippen LogP contribution >= 0.6 is 0 Å². The van der Waals surface area contributed by atoms with Crippen LogP contribution in [0.15, 0.2) is 29.1 Å². The molecular formula is C26H38N2O3. The van der Waals surface area contributed by atoms with Gasteiger partial charge in [0.05, 0.1) is 12.6 Å². The van der Waals surface area contributed by atoms with E-state index in [0.29, 0.717) is 30.7 Å². The van der Waals surface area contributed by atoms with Crippen molar-refractivity contribution in [2.45, 2.75) is 72.3 Å². The zero-order valence-electron chi connectivity index (χ0n) is 19.8. The minimum absolute atomic E-state index is 0.00872. The van der Waals surface area contributed by atoms with E-state index in [1.54, 1.807) is 11.7 Å². The molecule has 1 saturated carbocycles. The Morgan fingerprint density at radius 1 is 1.06 bits per heavy atom. The van der Waals surface area contributed by atoms with Crippen molar-refractivity contribution < 1.29 is 9.53 Å². The molecule has 170 valence electrons. The van der Waals surface area contributed by atoms with Gasteiger partial charge in [-0.25, -0.2) is 0 Å². The normalized spacial score (nSPS) is 15.1. The molecule has 5 nitrogen and oxygen atoms in total. The van der Waals surface area contributed by atoms with Crippen LogP contribution in [-0.4, -0.2) is 35.6 Å². The van der Waals surface area contributed by atoms with Crippen molar-refractivity contribution in [1.29, 1.82) is 0 Å². The van der Waals surface area contributed by atoms with Gasteiger partial charge < -0.3 is 9.64 Å². The van der Waals surface area contributed by atoms with Crippen LogP contribution in [0.3, 0.4) is 0 Å². The molecule has 0 unspecified atom stereocenters. The second-order valence-corrected chi connectivity index (χ2v) is 9.84. The minimum atomic E-state index is -0.0185. The third-order valence-electron chi connectivity index (χ3n) is 6.19. The van der Waals surface area contributed by atoms with E-state index < -0.39 is 0 Å². The molecule has 0 aliphatic heterocycles. The number of hydrogen-bond acceptors (Lipinski definition) is 3. The van der Waals surface area contributed by atoms with Crippen molar-refractivity contribution in [3.8, 4) is 5.75 Å². The van der Waals surface area contributed by atoms with Gasteiger partial charge in [-0.05, 0) is 54.2 Å². The van der Waals surface area contributed by atoms with Crippen LogP contribution in [0, 0.1) is 11.8 Å². The van der Waals surface area contributed by atoms with E-state index in [4.69, 9.17) is 4.74 Å². The Morgan fingerprint density at radius 2 is 1.71 bits per heavy atom. The molecule has 3 rings (SSSR count). The summed E-state index contributed by atoms with van der Waals surface area (Å²) in [5, 5.41) is 0.994. The molecule has 1 aliphatic rings. The zero-order chi connectivity index (χ0) is 22.5. The average molecular weight is 427 g/mol. The number of methoxy groups -OCH3 is 1. The van der Waals surface area contributed by atoms with Gasteiger partial charge in [0.15, 0.2) is 0 Å². The van der Waals surface area contributed by atoms with Crippen LogP contribution in [0.1, 0.15) is 71.3 Å². The Labute approximate surface area is 186 Å². The molecule has 0 N–H and O–H groups in total. The summed E-state index contributed by atoms with van der Waals surface area (Å²) in [5.41, 5.74) is 1.62. The summed E-state index contributed by atoms with van der Waals surface area (Å²) in [4.78, 5) is 28.9. The van der Waals surface area contributed by atoms with E-state index in [1.165, 1.54) is 19.3 Å². The first-order valence-corrected chi connectivity index (χ1v) is 11.8. The van der Waals surface area contributed by atoms with Crippen LogP contribution in [0.25, 0.3) is 10.9 Å². The highest BCUT2D eigenvalue weighted by atomic mass is 16.5. The fraction of sp³-hybridized carbons (Fsp3) is 0.615. The van der Waals surface area contributed by atoms with Crippen LogP contribution in [0.5, 0.6) is 5.75 Å². The standard InChI is InChI=1S/C26H38N2O3/c1-18(2)15-27(16-19(3)4)25(29)17-28-24-14-22(31-5)12-11-21(24)13-23(26(28)30)20-9-7-6-8-10-20/h11-14,18-20H,6-10,15-17H2,1-5H3. The molecule has 31 heavy (non-hydrogen) atoms. The van der Waals surface area contributed by atoms with Gasteiger partial charge in [0.2, 0.25) is 5.91 Å². The lowest BCUT2D eigenvalue weighted by Gasteiger charge is -2.28. The third-order valence-corrected chi connectivity index (χ3v) is 6.19. The molecule has 1 aromatic carbocycles. The molecule has 1 aliphatic carbocycles. The van der Waals surface area contributed by atoms with Crippen molar-refractivity contribution in [2.24, 2.45) is 11.8 Å². The number of aromatic nitrogens is 1. The first-order chi connectivity index (χ1) is 14.8. The molecule has 2 aromatic rings. The van der Waals surface area contributed by atoms with Crippen LogP contribution in [-0.2, 0) is 11.3 Å². The number of ether oxygens (including phenoxy) is 1. The molecule has 0 atom stereocenters. The first-order valence-electron chi connectivity index (χ1n) is 11.8. The summed E-state index contributed by atoms with van der Waals surface area (Å²) in [6.45, 7) is 9.97. The number of pyridine rings is 1. The van der Waals surface area contributed by atoms with Crippen LogP contribution in [0.4, 0.5) is 0 Å². The summed E-state index contributed by atoms with van der Waals surface area (Å²) in [6, 6.07) is 7.85. The molecule has 1 fully saturated rings. The van der Waals surface area contributed by atoms with E-state index in [2.05, 4.69) is 27.7 Å². The topological polar surface area (TPSA) is 51.5 Å². The Balaban J connectivity index is 2.06. The number of fused-ring (bicyclic) bond motifs is 1. The molecule has 1 heterocycles. The fourth-order valence-corrected chi connectivity index (χ4v) is 4.76. The van der Waals surface area contributed by atoms with Gasteiger partial charge in [-0.15, -0.1) is 0 Å². The molecule has 0 radical (unpaired) electrons. The highest BCUT2D eigenvalue weighted by Crippen LogP contribution is 2.32. The SMILES string of the molecule is COc1ccc2cc(C3CCCCC3)c(=O)n(CC(=O)N(CC(C)C)CC(C)C)c2c1. The number of hydrogen-bond donors (Lipinski definition) is 0. The predicted molar refractivity (Wildman–Crippen MR) is 127 cm³/mol. The Bertz CT molecular complexity index is 945. The van der Waals surface area contributed by atoms with Crippen LogP contribution in [0.2, 0.25) is 0 Å². The molecule has 5 heteroatoms. The predicted octanol–water partition coefficient (Wildman–Crippen LogP) is 5.20. The lowest BCUT2D eigenvalue weighted by Crippen LogP contribution is -2.41. The number of benzene rings is 1. The largest absolute Gasteiger partial charge is 0.497 e. The van der Waals surface area contributed by atoms with E-state index >= 15 is 0 Å². The summed E-state index contributed by atoms with van der Waals surface area (Å²) >= 11 is 0. The molecular weight excluding hydrogens is 388 g/mol. The van der Waals surface area contributed by atoms with E-state index in [-0.39, 0.29) is 23.9 Å². The van der Waals surface area contributed by atoms with Crippen molar-refractivity contribution in [3.05, 3.63) is 40.2 Å². The van der Waals surface area contributed by atoms with Gasteiger partial charge in [0.25, 0.3) is 5.56 Å². The zero-order valence-corrected chi connectivity index (χ0v) is 19.8. The summed E-state index contributed by atoms with van der Waals surface area (Å²) in [6.07, 6.45) is 5.68. The second kappa shape index (κ2) is 10.3. The van der Waals surface area contributed by atoms with Crippen molar-refractivity contribution in [3.63, 3.8) is 0 Å². The smallest absolute Gasteiger partial charge is 0.255 e. The average Bonchev–Trinajstić information content (AvgIpc) is 2.74. The van der Waals surface area contributed by atoms with E-state index in [9.17, 15) is 9.59 Å². The van der Waals surface area contributed by atoms with Gasteiger partial charge in [-0.2, -0.15) is 0 Å². The van der Waals surface area contributed by atoms with Gasteiger partial charge in [0, 0.05) is 24.7 Å². The second-order valence-electron chi connectivity index (χ2n) is 9.84. The molecule has 0 bridgehead atoms. The Kier molecular flexibility index (Phi) is 7.79. The van der Waals surface area contributed by atoms with Gasteiger partial charge in [0.1, 0.15) is 12.3 Å². The minimum Gasteiger partial charge on any atom is -0.497 e.